The molecule has 3 rings (SSSR count). The maximum absolute atomic E-state index is 12.0. The van der Waals surface area contributed by atoms with Crippen molar-refractivity contribution in [3.8, 4) is 11.4 Å². The van der Waals surface area contributed by atoms with Gasteiger partial charge in [0.05, 0.1) is 0 Å². The lowest BCUT2D eigenvalue weighted by atomic mass is 10.2. The summed E-state index contributed by atoms with van der Waals surface area (Å²) in [6.45, 7) is 0. The van der Waals surface area contributed by atoms with Crippen LogP contribution in [0.3, 0.4) is 0 Å². The van der Waals surface area contributed by atoms with Crippen molar-refractivity contribution in [1.82, 2.24) is 10.1 Å². The summed E-state index contributed by atoms with van der Waals surface area (Å²) in [6, 6.07) is 14.8. The van der Waals surface area contributed by atoms with E-state index in [1.165, 1.54) is 0 Å². The van der Waals surface area contributed by atoms with Gasteiger partial charge in [0.2, 0.25) is 17.6 Å². The fourth-order valence-corrected chi connectivity index (χ4v) is 2.63. The molecule has 2 aromatic carbocycles. The molecule has 0 radical (unpaired) electrons. The van der Waals surface area contributed by atoms with Crippen molar-refractivity contribution < 1.29 is 9.32 Å². The normalized spacial score (nSPS) is 10.6. The molecule has 7 heteroatoms. The topological polar surface area (TPSA) is 68.0 Å². The Morgan fingerprint density at radius 3 is 2.75 bits per heavy atom. The monoisotopic (exact) mass is 453 g/mol. The number of carbonyl (C=O) groups is 1. The van der Waals surface area contributed by atoms with Gasteiger partial charge in [-0.25, -0.2) is 0 Å². The van der Waals surface area contributed by atoms with Crippen LogP contribution in [-0.4, -0.2) is 16.0 Å². The Morgan fingerprint density at radius 1 is 1.21 bits per heavy atom. The molecule has 0 spiro atoms. The number of benzene rings is 2. The van der Waals surface area contributed by atoms with Crippen molar-refractivity contribution in [1.29, 1.82) is 0 Å². The van der Waals surface area contributed by atoms with Gasteiger partial charge >= 0.3 is 0 Å². The van der Waals surface area contributed by atoms with Gasteiger partial charge in [0.1, 0.15) is 0 Å². The van der Waals surface area contributed by atoms with E-state index >= 15 is 0 Å². The number of nitrogens with one attached hydrogen (secondary N) is 1. The number of hydrogen-bond donors (Lipinski definition) is 1. The first kappa shape index (κ1) is 16.9. The second-order valence-electron chi connectivity index (χ2n) is 5.08. The Labute approximate surface area is 157 Å². The Hall–Kier alpha value is -1.93. The number of aromatic nitrogens is 2. The van der Waals surface area contributed by atoms with Crippen molar-refractivity contribution in [2.24, 2.45) is 0 Å². The van der Waals surface area contributed by atoms with E-state index < -0.39 is 0 Å². The molecule has 24 heavy (non-hydrogen) atoms. The van der Waals surface area contributed by atoms with Crippen LogP contribution in [0.25, 0.3) is 11.4 Å². The molecule has 0 aliphatic heterocycles. The third-order valence-electron chi connectivity index (χ3n) is 3.24. The molecule has 3 aromatic rings. The van der Waals surface area contributed by atoms with Gasteiger partial charge in [0, 0.05) is 32.7 Å². The molecule has 1 aromatic heterocycles. The minimum atomic E-state index is -0.133. The molecule has 122 valence electrons. The molecule has 1 amide bonds. The van der Waals surface area contributed by atoms with E-state index in [0.717, 1.165) is 9.13 Å². The third kappa shape index (κ3) is 4.55. The maximum atomic E-state index is 12.0. The summed E-state index contributed by atoms with van der Waals surface area (Å²) in [5.41, 5.74) is 1.55. The van der Waals surface area contributed by atoms with E-state index in [4.69, 9.17) is 16.1 Å². The third-order valence-corrected chi connectivity index (χ3v) is 4.20. The molecule has 0 atom stereocenters. The van der Waals surface area contributed by atoms with Crippen LogP contribution >= 0.6 is 34.2 Å². The minimum Gasteiger partial charge on any atom is -0.339 e. The van der Waals surface area contributed by atoms with Gasteiger partial charge in [0.25, 0.3) is 0 Å². The second-order valence-corrected chi connectivity index (χ2v) is 6.76. The van der Waals surface area contributed by atoms with Crippen molar-refractivity contribution >= 4 is 45.8 Å². The van der Waals surface area contributed by atoms with Gasteiger partial charge in [-0.15, -0.1) is 0 Å². The highest BCUT2D eigenvalue weighted by molar-refractivity contribution is 14.1. The first-order chi connectivity index (χ1) is 11.6. The minimum absolute atomic E-state index is 0.133. The molecule has 1 N–H and O–H groups in total. The zero-order valence-electron chi connectivity index (χ0n) is 12.5. The SMILES string of the molecule is O=C(CCc1nc(-c2ccc(I)cc2)no1)Nc1cccc(Cl)c1. The van der Waals surface area contributed by atoms with Crippen LogP contribution in [0.5, 0.6) is 0 Å². The largest absolute Gasteiger partial charge is 0.339 e. The summed E-state index contributed by atoms with van der Waals surface area (Å²) >= 11 is 8.12. The molecular weight excluding hydrogens is 441 g/mol. The predicted molar refractivity (Wildman–Crippen MR) is 101 cm³/mol. The fraction of sp³-hybridized carbons (Fsp3) is 0.118. The van der Waals surface area contributed by atoms with E-state index in [9.17, 15) is 4.79 Å². The number of carbonyl (C=O) groups excluding carboxylic acids is 1. The zero-order chi connectivity index (χ0) is 16.9. The molecule has 0 aliphatic carbocycles. The highest BCUT2D eigenvalue weighted by Crippen LogP contribution is 2.18. The van der Waals surface area contributed by atoms with E-state index in [1.807, 2.05) is 24.3 Å². The molecule has 0 aliphatic rings. The van der Waals surface area contributed by atoms with Crippen molar-refractivity contribution in [3.05, 3.63) is 63.0 Å². The summed E-state index contributed by atoms with van der Waals surface area (Å²) < 4.78 is 6.34. The Balaban J connectivity index is 1.57. The number of aryl methyl sites for hydroxylation is 1. The average Bonchev–Trinajstić information content (AvgIpc) is 3.03. The van der Waals surface area contributed by atoms with Gasteiger partial charge in [0.15, 0.2) is 0 Å². The highest BCUT2D eigenvalue weighted by atomic mass is 127. The lowest BCUT2D eigenvalue weighted by Gasteiger charge is -2.04. The first-order valence-corrected chi connectivity index (χ1v) is 8.70. The smallest absolute Gasteiger partial charge is 0.227 e. The van der Waals surface area contributed by atoms with E-state index in [0.29, 0.717) is 28.8 Å². The summed E-state index contributed by atoms with van der Waals surface area (Å²) in [4.78, 5) is 16.3. The summed E-state index contributed by atoms with van der Waals surface area (Å²) in [7, 11) is 0. The number of anilines is 1. The van der Waals surface area contributed by atoms with Crippen LogP contribution in [0.4, 0.5) is 5.69 Å². The van der Waals surface area contributed by atoms with Crippen LogP contribution in [0.1, 0.15) is 12.3 Å². The number of nitrogens with zero attached hydrogens (tertiary/aromatic N) is 2. The van der Waals surface area contributed by atoms with Gasteiger partial charge in [-0.3, -0.25) is 4.79 Å². The van der Waals surface area contributed by atoms with Crippen LogP contribution in [0.2, 0.25) is 5.02 Å². The Kier molecular flexibility index (Phi) is 5.47. The lowest BCUT2D eigenvalue weighted by molar-refractivity contribution is -0.116. The number of amides is 1. The molecule has 5 nitrogen and oxygen atoms in total. The standard InChI is InChI=1S/C17H13ClIN3O2/c18-12-2-1-3-14(10-12)20-15(23)8-9-16-21-17(22-24-16)11-4-6-13(19)7-5-11/h1-7,10H,8-9H2,(H,20,23). The summed E-state index contributed by atoms with van der Waals surface area (Å²) in [5, 5.41) is 7.31. The molecule has 0 fully saturated rings. The van der Waals surface area contributed by atoms with E-state index in [2.05, 4.69) is 38.0 Å². The van der Waals surface area contributed by atoms with Crippen LogP contribution < -0.4 is 5.32 Å². The van der Waals surface area contributed by atoms with Crippen LogP contribution in [-0.2, 0) is 11.2 Å². The highest BCUT2D eigenvalue weighted by Gasteiger charge is 2.11. The average molecular weight is 454 g/mol. The first-order valence-electron chi connectivity index (χ1n) is 7.24. The molecule has 0 saturated carbocycles. The Bertz CT molecular complexity index is 849. The fourth-order valence-electron chi connectivity index (χ4n) is 2.08. The Morgan fingerprint density at radius 2 is 2.00 bits per heavy atom. The van der Waals surface area contributed by atoms with Gasteiger partial charge in [-0.2, -0.15) is 4.98 Å². The molecule has 0 saturated heterocycles. The summed E-state index contributed by atoms with van der Waals surface area (Å²) in [5.74, 6) is 0.827. The molecule has 0 bridgehead atoms. The van der Waals surface area contributed by atoms with Crippen molar-refractivity contribution in [2.75, 3.05) is 5.32 Å². The van der Waals surface area contributed by atoms with Gasteiger partial charge in [-0.05, 0) is 52.9 Å². The molecule has 0 unspecified atom stereocenters. The van der Waals surface area contributed by atoms with E-state index in [-0.39, 0.29) is 12.3 Å². The van der Waals surface area contributed by atoms with Crippen LogP contribution in [0, 0.1) is 3.57 Å². The second kappa shape index (κ2) is 7.76. The predicted octanol–water partition coefficient (Wildman–Crippen LogP) is 4.57. The number of halogens is 2. The lowest BCUT2D eigenvalue weighted by Crippen LogP contribution is -2.12. The van der Waals surface area contributed by atoms with Crippen LogP contribution in [0.15, 0.2) is 53.1 Å². The number of hydrogen-bond acceptors (Lipinski definition) is 4. The van der Waals surface area contributed by atoms with Crippen molar-refractivity contribution in [3.63, 3.8) is 0 Å². The maximum Gasteiger partial charge on any atom is 0.227 e. The summed E-state index contributed by atoms with van der Waals surface area (Å²) in [6.07, 6.45) is 0.630. The molecular formula is C17H13ClIN3O2. The van der Waals surface area contributed by atoms with E-state index in [1.54, 1.807) is 24.3 Å². The quantitative estimate of drug-likeness (QED) is 0.575. The molecule has 1 heterocycles. The van der Waals surface area contributed by atoms with Crippen molar-refractivity contribution in [2.45, 2.75) is 12.8 Å². The van der Waals surface area contributed by atoms with Gasteiger partial charge < -0.3 is 9.84 Å². The van der Waals surface area contributed by atoms with Gasteiger partial charge in [-0.1, -0.05) is 35.0 Å². The number of rotatable bonds is 5. The zero-order valence-corrected chi connectivity index (χ0v) is 15.4.